The third kappa shape index (κ3) is 5.12. The molecular weight excluding hydrogens is 334 g/mol. The Morgan fingerprint density at radius 3 is 3.00 bits per heavy atom. The number of carbonyl (C=O) groups excluding carboxylic acids is 1. The molecule has 2 heterocycles. The van der Waals surface area contributed by atoms with Crippen molar-refractivity contribution < 1.29 is 19.4 Å². The van der Waals surface area contributed by atoms with E-state index in [2.05, 4.69) is 10.3 Å². The van der Waals surface area contributed by atoms with Gasteiger partial charge in [-0.05, 0) is 37.5 Å². The van der Waals surface area contributed by atoms with Crippen molar-refractivity contribution in [2.45, 2.75) is 25.4 Å². The van der Waals surface area contributed by atoms with Crippen LogP contribution in [-0.2, 0) is 4.74 Å². The van der Waals surface area contributed by atoms with Crippen LogP contribution in [0.1, 0.15) is 19.3 Å². The molecule has 3 rings (SSSR count). The number of H-pyrrole nitrogens is 1. The molecule has 0 aliphatic carbocycles. The second-order valence-corrected chi connectivity index (χ2v) is 6.49. The van der Waals surface area contributed by atoms with Crippen molar-refractivity contribution in [1.29, 1.82) is 0 Å². The van der Waals surface area contributed by atoms with Crippen molar-refractivity contribution in [3.8, 4) is 5.75 Å². The molecule has 3 N–H and O–H groups in total. The molecule has 7 nitrogen and oxygen atoms in total. The molecule has 1 aromatic carbocycles. The maximum absolute atomic E-state index is 11.9. The number of aliphatic hydroxyl groups is 1. The fraction of sp³-hybridized carbons (Fsp3) is 0.526. The molecule has 142 valence electrons. The van der Waals surface area contributed by atoms with Crippen molar-refractivity contribution in [2.24, 2.45) is 0 Å². The van der Waals surface area contributed by atoms with Crippen LogP contribution in [0.2, 0.25) is 0 Å². The summed E-state index contributed by atoms with van der Waals surface area (Å²) in [6, 6.07) is 7.76. The Bertz CT molecular complexity index is 697. The Kier molecular flexibility index (Phi) is 6.74. The van der Waals surface area contributed by atoms with Gasteiger partial charge in [-0.15, -0.1) is 0 Å². The van der Waals surface area contributed by atoms with Crippen LogP contribution in [0.4, 0.5) is 4.79 Å². The number of urea groups is 1. The summed E-state index contributed by atoms with van der Waals surface area (Å²) in [4.78, 5) is 16.8. The zero-order valence-electron chi connectivity index (χ0n) is 14.9. The van der Waals surface area contributed by atoms with Crippen LogP contribution >= 0.6 is 0 Å². The van der Waals surface area contributed by atoms with Crippen molar-refractivity contribution >= 4 is 16.9 Å². The van der Waals surface area contributed by atoms with Crippen LogP contribution < -0.4 is 10.1 Å². The van der Waals surface area contributed by atoms with Gasteiger partial charge in [0.1, 0.15) is 12.4 Å². The maximum Gasteiger partial charge on any atom is 0.317 e. The number of nitrogens with one attached hydrogen (secondary N) is 2. The summed E-state index contributed by atoms with van der Waals surface area (Å²) in [6.45, 7) is 3.40. The summed E-state index contributed by atoms with van der Waals surface area (Å²) in [5.74, 6) is 0.778. The van der Waals surface area contributed by atoms with E-state index in [1.165, 1.54) is 0 Å². The first-order chi connectivity index (χ1) is 12.7. The molecular formula is C19H27N3O4. The Balaban J connectivity index is 1.29. The highest BCUT2D eigenvalue weighted by Gasteiger charge is 2.15. The van der Waals surface area contributed by atoms with E-state index in [4.69, 9.17) is 9.47 Å². The van der Waals surface area contributed by atoms with Gasteiger partial charge in [-0.2, -0.15) is 0 Å². The molecule has 0 radical (unpaired) electrons. The number of unbranched alkanes of at least 4 members (excludes halogenated alkanes) is 1. The number of aliphatic hydroxyl groups excluding tert-OH is 1. The molecule has 0 spiro atoms. The topological polar surface area (TPSA) is 86.8 Å². The number of rotatable bonds is 8. The third-order valence-electron chi connectivity index (χ3n) is 4.52. The minimum absolute atomic E-state index is 0.0308. The van der Waals surface area contributed by atoms with Gasteiger partial charge < -0.3 is 29.8 Å². The average molecular weight is 361 g/mol. The smallest absolute Gasteiger partial charge is 0.317 e. The minimum Gasteiger partial charge on any atom is -0.490 e. The lowest BCUT2D eigenvalue weighted by Gasteiger charge is -2.26. The minimum atomic E-state index is -0.515. The van der Waals surface area contributed by atoms with Gasteiger partial charge in [-0.3, -0.25) is 0 Å². The second kappa shape index (κ2) is 9.45. The summed E-state index contributed by atoms with van der Waals surface area (Å²) in [6.07, 6.45) is 3.68. The van der Waals surface area contributed by atoms with E-state index in [0.29, 0.717) is 39.3 Å². The van der Waals surface area contributed by atoms with Gasteiger partial charge in [0.25, 0.3) is 0 Å². The lowest BCUT2D eigenvalue weighted by molar-refractivity contribution is 0.0532. The zero-order chi connectivity index (χ0) is 18.2. The fourth-order valence-electron chi connectivity index (χ4n) is 3.03. The van der Waals surface area contributed by atoms with E-state index < -0.39 is 6.10 Å². The summed E-state index contributed by atoms with van der Waals surface area (Å²) >= 11 is 0. The molecule has 0 unspecified atom stereocenters. The number of hydrogen-bond acceptors (Lipinski definition) is 4. The highest BCUT2D eigenvalue weighted by Crippen LogP contribution is 2.24. The van der Waals surface area contributed by atoms with Gasteiger partial charge in [0.2, 0.25) is 0 Å². The largest absolute Gasteiger partial charge is 0.490 e. The molecule has 1 aliphatic heterocycles. The van der Waals surface area contributed by atoms with Crippen molar-refractivity contribution in [3.63, 3.8) is 0 Å². The summed E-state index contributed by atoms with van der Waals surface area (Å²) in [5.41, 5.74) is 1.02. The number of aromatic amines is 1. The number of hydrogen-bond donors (Lipinski definition) is 3. The predicted octanol–water partition coefficient (Wildman–Crippen LogP) is 2.12. The molecule has 1 aromatic heterocycles. The highest BCUT2D eigenvalue weighted by molar-refractivity contribution is 5.85. The molecule has 1 aliphatic rings. The highest BCUT2D eigenvalue weighted by atomic mass is 16.5. The van der Waals surface area contributed by atoms with Gasteiger partial charge in [-0.25, -0.2) is 4.79 Å². The monoisotopic (exact) mass is 361 g/mol. The van der Waals surface area contributed by atoms with Crippen LogP contribution in [0.25, 0.3) is 10.9 Å². The molecule has 0 bridgehead atoms. The van der Waals surface area contributed by atoms with E-state index in [-0.39, 0.29) is 12.6 Å². The maximum atomic E-state index is 11.9. The third-order valence-corrected chi connectivity index (χ3v) is 4.52. The Labute approximate surface area is 153 Å². The Hall–Kier alpha value is -2.25. The van der Waals surface area contributed by atoms with Crippen LogP contribution in [-0.4, -0.2) is 66.6 Å². The first kappa shape index (κ1) is 18.5. The normalized spacial score (nSPS) is 15.8. The van der Waals surface area contributed by atoms with E-state index in [9.17, 15) is 9.90 Å². The van der Waals surface area contributed by atoms with Crippen molar-refractivity contribution in [2.75, 3.05) is 39.5 Å². The van der Waals surface area contributed by atoms with E-state index in [1.54, 1.807) is 4.90 Å². The number of fused-ring (bicyclic) bond motifs is 1. The van der Waals surface area contributed by atoms with Crippen LogP contribution in [0, 0.1) is 0 Å². The Morgan fingerprint density at radius 2 is 2.15 bits per heavy atom. The predicted molar refractivity (Wildman–Crippen MR) is 99.4 cm³/mol. The summed E-state index contributed by atoms with van der Waals surface area (Å²) in [7, 11) is 0. The van der Waals surface area contributed by atoms with Crippen LogP contribution in [0.15, 0.2) is 30.5 Å². The van der Waals surface area contributed by atoms with Crippen molar-refractivity contribution in [1.82, 2.24) is 15.2 Å². The second-order valence-electron chi connectivity index (χ2n) is 6.49. The molecule has 2 aromatic rings. The quantitative estimate of drug-likeness (QED) is 0.629. The molecule has 1 fully saturated rings. The number of morpholine rings is 1. The Morgan fingerprint density at radius 1 is 1.31 bits per heavy atom. The van der Waals surface area contributed by atoms with E-state index >= 15 is 0 Å². The zero-order valence-corrected chi connectivity index (χ0v) is 14.9. The molecule has 1 atom stereocenters. The molecule has 1 saturated heterocycles. The molecule has 26 heavy (non-hydrogen) atoms. The van der Waals surface area contributed by atoms with Gasteiger partial charge in [-0.1, -0.05) is 6.07 Å². The standard InChI is InChI=1S/C19H27N3O4/c23-15(14-26-18-6-3-5-17-16(18)7-9-20-17)4-1-2-8-21-19(24)22-10-12-25-13-11-22/h3,5-7,9,15,20,23H,1-2,4,8,10-14H2,(H,21,24)/t15-/m0/s1. The lowest BCUT2D eigenvalue weighted by Crippen LogP contribution is -2.46. The first-order valence-electron chi connectivity index (χ1n) is 9.21. The van der Waals surface area contributed by atoms with E-state index in [1.807, 2.05) is 30.5 Å². The number of aromatic nitrogens is 1. The average Bonchev–Trinajstić information content (AvgIpc) is 3.16. The van der Waals surface area contributed by atoms with Gasteiger partial charge in [0.15, 0.2) is 0 Å². The number of ether oxygens (including phenoxy) is 2. The van der Waals surface area contributed by atoms with E-state index in [0.717, 1.165) is 29.5 Å². The van der Waals surface area contributed by atoms with Crippen LogP contribution in [0.3, 0.4) is 0 Å². The summed E-state index contributed by atoms with van der Waals surface area (Å²) < 4.78 is 11.0. The van der Waals surface area contributed by atoms with Gasteiger partial charge in [0, 0.05) is 36.7 Å². The van der Waals surface area contributed by atoms with Crippen LogP contribution in [0.5, 0.6) is 5.75 Å². The number of nitrogens with zero attached hydrogens (tertiary/aromatic N) is 1. The SMILES string of the molecule is O=C(NCCCC[C@H](O)COc1cccc2[nH]ccc12)N1CCOCC1. The molecule has 2 amide bonds. The number of amides is 2. The van der Waals surface area contributed by atoms with Gasteiger partial charge in [0.05, 0.1) is 19.3 Å². The van der Waals surface area contributed by atoms with Gasteiger partial charge >= 0.3 is 6.03 Å². The number of benzene rings is 1. The molecule has 0 saturated carbocycles. The number of carbonyl (C=O) groups is 1. The van der Waals surface area contributed by atoms with Crippen molar-refractivity contribution in [3.05, 3.63) is 30.5 Å². The first-order valence-corrected chi connectivity index (χ1v) is 9.21. The fourth-order valence-corrected chi connectivity index (χ4v) is 3.03. The summed E-state index contributed by atoms with van der Waals surface area (Å²) in [5, 5.41) is 14.0. The lowest BCUT2D eigenvalue weighted by atomic mass is 10.1. The molecule has 7 heteroatoms.